The van der Waals surface area contributed by atoms with Crippen LogP contribution in [0.25, 0.3) is 22.3 Å². The van der Waals surface area contributed by atoms with Gasteiger partial charge in [0.15, 0.2) is 17.5 Å². The molecule has 0 bridgehead atoms. The molecule has 4 aromatic rings. The van der Waals surface area contributed by atoms with Crippen LogP contribution in [0.15, 0.2) is 24.5 Å². The predicted octanol–water partition coefficient (Wildman–Crippen LogP) is 6.90. The zero-order valence-electron chi connectivity index (χ0n) is 21.3. The summed E-state index contributed by atoms with van der Waals surface area (Å²) in [4.78, 5) is 20.5. The van der Waals surface area contributed by atoms with Crippen molar-refractivity contribution in [3.05, 3.63) is 58.4 Å². The summed E-state index contributed by atoms with van der Waals surface area (Å²) in [5, 5.41) is 7.61. The van der Waals surface area contributed by atoms with Crippen LogP contribution in [0.3, 0.4) is 0 Å². The van der Waals surface area contributed by atoms with Crippen LogP contribution in [-0.4, -0.2) is 37.0 Å². The average Bonchev–Trinajstić information content (AvgIpc) is 3.79. The third kappa shape index (κ3) is 4.48. The summed E-state index contributed by atoms with van der Waals surface area (Å²) >= 11 is 6.40. The third-order valence-corrected chi connectivity index (χ3v) is 8.77. The minimum absolute atomic E-state index is 0.0200. The SMILES string of the molecule is Cc1nc(-c2c[nH]c3c(F)cc(F)cc23)nc(NC2CC23CCC[C@@H](Nc2ncc(C4CC4)c(Cl)n2)C3)c1F. The molecule has 39 heavy (non-hydrogen) atoms. The first-order valence-electron chi connectivity index (χ1n) is 13.4. The van der Waals surface area contributed by atoms with Gasteiger partial charge in [-0.2, -0.15) is 0 Å². The normalized spacial score (nSPS) is 24.3. The molecule has 7 rings (SSSR count). The van der Waals surface area contributed by atoms with E-state index >= 15 is 4.39 Å². The molecular formula is C28H27ClF3N7. The second-order valence-corrected chi connectivity index (χ2v) is 11.6. The van der Waals surface area contributed by atoms with E-state index in [2.05, 4.69) is 35.6 Å². The van der Waals surface area contributed by atoms with E-state index < -0.39 is 17.5 Å². The lowest BCUT2D eigenvalue weighted by atomic mass is 9.82. The van der Waals surface area contributed by atoms with E-state index in [1.54, 1.807) is 6.92 Å². The van der Waals surface area contributed by atoms with E-state index in [0.29, 0.717) is 28.0 Å². The summed E-state index contributed by atoms with van der Waals surface area (Å²) in [6.07, 6.45) is 10.5. The highest BCUT2D eigenvalue weighted by atomic mass is 35.5. The molecule has 11 heteroatoms. The number of aromatic amines is 1. The summed E-state index contributed by atoms with van der Waals surface area (Å²) in [5.74, 6) is -0.592. The van der Waals surface area contributed by atoms with E-state index in [1.165, 1.54) is 12.3 Å². The maximum Gasteiger partial charge on any atom is 0.224 e. The number of hydrogen-bond acceptors (Lipinski definition) is 6. The fourth-order valence-electron chi connectivity index (χ4n) is 6.14. The molecule has 3 N–H and O–H groups in total. The number of rotatable bonds is 6. The van der Waals surface area contributed by atoms with Gasteiger partial charge in [0.05, 0.1) is 11.2 Å². The van der Waals surface area contributed by atoms with Crippen molar-refractivity contribution in [2.75, 3.05) is 10.6 Å². The molecule has 202 valence electrons. The van der Waals surface area contributed by atoms with Crippen LogP contribution < -0.4 is 10.6 Å². The van der Waals surface area contributed by atoms with Gasteiger partial charge >= 0.3 is 0 Å². The van der Waals surface area contributed by atoms with E-state index in [0.717, 1.165) is 56.6 Å². The highest BCUT2D eigenvalue weighted by Crippen LogP contribution is 2.57. The van der Waals surface area contributed by atoms with Crippen molar-refractivity contribution in [3.63, 3.8) is 0 Å². The number of aryl methyl sites for hydroxylation is 1. The molecule has 0 saturated heterocycles. The van der Waals surface area contributed by atoms with Crippen molar-refractivity contribution < 1.29 is 13.2 Å². The van der Waals surface area contributed by atoms with Crippen LogP contribution in [0.5, 0.6) is 0 Å². The van der Waals surface area contributed by atoms with Gasteiger partial charge in [-0.25, -0.2) is 33.1 Å². The van der Waals surface area contributed by atoms with Gasteiger partial charge in [-0.1, -0.05) is 18.0 Å². The van der Waals surface area contributed by atoms with E-state index in [9.17, 15) is 8.78 Å². The van der Waals surface area contributed by atoms with Gasteiger partial charge in [0, 0.05) is 47.1 Å². The summed E-state index contributed by atoms with van der Waals surface area (Å²) in [6.45, 7) is 1.56. The van der Waals surface area contributed by atoms with E-state index in [1.807, 2.05) is 6.20 Å². The number of aromatic nitrogens is 5. The Kier molecular flexibility index (Phi) is 5.73. The minimum Gasteiger partial charge on any atom is -0.364 e. The van der Waals surface area contributed by atoms with Crippen LogP contribution in [0.1, 0.15) is 62.1 Å². The van der Waals surface area contributed by atoms with Crippen LogP contribution in [0.2, 0.25) is 5.15 Å². The maximum absolute atomic E-state index is 15.1. The molecule has 1 aromatic carbocycles. The number of nitrogens with one attached hydrogen (secondary N) is 3. The van der Waals surface area contributed by atoms with E-state index in [-0.39, 0.29) is 40.4 Å². The van der Waals surface area contributed by atoms with Crippen molar-refractivity contribution in [2.24, 2.45) is 5.41 Å². The quantitative estimate of drug-likeness (QED) is 0.225. The smallest absolute Gasteiger partial charge is 0.224 e. The lowest BCUT2D eigenvalue weighted by Crippen LogP contribution is -2.32. The van der Waals surface area contributed by atoms with E-state index in [4.69, 9.17) is 11.6 Å². The van der Waals surface area contributed by atoms with Crippen molar-refractivity contribution >= 4 is 34.3 Å². The molecule has 0 radical (unpaired) electrons. The van der Waals surface area contributed by atoms with Crippen molar-refractivity contribution in [2.45, 2.75) is 69.9 Å². The van der Waals surface area contributed by atoms with Crippen LogP contribution in [0, 0.1) is 29.8 Å². The number of benzene rings is 1. The monoisotopic (exact) mass is 553 g/mol. The molecule has 3 aromatic heterocycles. The number of hydrogen-bond donors (Lipinski definition) is 3. The van der Waals surface area contributed by atoms with Gasteiger partial charge in [-0.05, 0) is 62.8 Å². The molecule has 3 atom stereocenters. The van der Waals surface area contributed by atoms with Gasteiger partial charge in [0.25, 0.3) is 0 Å². The van der Waals surface area contributed by atoms with Gasteiger partial charge in [-0.15, -0.1) is 0 Å². The Morgan fingerprint density at radius 1 is 1.05 bits per heavy atom. The van der Waals surface area contributed by atoms with Crippen LogP contribution in [0.4, 0.5) is 24.9 Å². The maximum atomic E-state index is 15.1. The lowest BCUT2D eigenvalue weighted by Gasteiger charge is -2.31. The van der Waals surface area contributed by atoms with Crippen molar-refractivity contribution in [1.29, 1.82) is 0 Å². The zero-order valence-corrected chi connectivity index (χ0v) is 22.0. The molecule has 0 aliphatic heterocycles. The molecule has 1 spiro atoms. The van der Waals surface area contributed by atoms with Gasteiger partial charge in [0.2, 0.25) is 5.95 Å². The first-order chi connectivity index (χ1) is 18.8. The summed E-state index contributed by atoms with van der Waals surface area (Å²) in [7, 11) is 0. The second kappa shape index (κ2) is 9.08. The number of H-pyrrole nitrogens is 1. The molecule has 3 aliphatic rings. The fraction of sp³-hybridized carbons (Fsp3) is 0.429. The standard InChI is InChI=1S/C28H27ClF3N7/c1-13-22(32)26(39-25(35-13)19-12-33-23-17(19)7-15(30)8-20(23)31)37-21-10-28(21)6-2-3-16(9-28)36-27-34-11-18(14-4-5-14)24(29)38-27/h7-8,11-12,14,16,21,33H,2-6,9-10H2,1H3,(H,34,36,38)(H,35,37,39)/t16-,21?,28?/m1/s1. The zero-order chi connectivity index (χ0) is 26.9. The number of anilines is 2. The Hall–Kier alpha value is -3.40. The predicted molar refractivity (Wildman–Crippen MR) is 143 cm³/mol. The summed E-state index contributed by atoms with van der Waals surface area (Å²) in [6, 6.07) is 2.28. The Morgan fingerprint density at radius 2 is 1.90 bits per heavy atom. The molecule has 2 unspecified atom stereocenters. The lowest BCUT2D eigenvalue weighted by molar-refractivity contribution is 0.307. The average molecular weight is 554 g/mol. The highest BCUT2D eigenvalue weighted by Gasteiger charge is 2.56. The Bertz CT molecular complexity index is 1600. The fourth-order valence-corrected chi connectivity index (χ4v) is 6.43. The third-order valence-electron chi connectivity index (χ3n) is 8.46. The Balaban J connectivity index is 1.09. The van der Waals surface area contributed by atoms with Crippen LogP contribution >= 0.6 is 11.6 Å². The van der Waals surface area contributed by atoms with Gasteiger partial charge in [-0.3, -0.25) is 0 Å². The minimum atomic E-state index is -0.708. The molecule has 3 heterocycles. The summed E-state index contributed by atoms with van der Waals surface area (Å²) < 4.78 is 43.3. The number of halogens is 4. The molecular weight excluding hydrogens is 527 g/mol. The number of fused-ring (bicyclic) bond motifs is 1. The summed E-state index contributed by atoms with van der Waals surface area (Å²) in [5.41, 5.74) is 1.77. The number of nitrogens with zero attached hydrogens (tertiary/aromatic N) is 4. The largest absolute Gasteiger partial charge is 0.364 e. The van der Waals surface area contributed by atoms with Crippen molar-refractivity contribution in [3.8, 4) is 11.4 Å². The first-order valence-corrected chi connectivity index (χ1v) is 13.7. The van der Waals surface area contributed by atoms with Gasteiger partial charge < -0.3 is 15.6 Å². The molecule has 3 aliphatic carbocycles. The van der Waals surface area contributed by atoms with Gasteiger partial charge in [0.1, 0.15) is 16.8 Å². The topological polar surface area (TPSA) is 91.4 Å². The molecule has 0 amide bonds. The molecule has 3 saturated carbocycles. The van der Waals surface area contributed by atoms with Crippen molar-refractivity contribution in [1.82, 2.24) is 24.9 Å². The molecule has 3 fully saturated rings. The Labute approximate surface area is 228 Å². The first kappa shape index (κ1) is 24.6. The van der Waals surface area contributed by atoms with Crippen LogP contribution in [-0.2, 0) is 0 Å². The highest BCUT2D eigenvalue weighted by molar-refractivity contribution is 6.30. The Morgan fingerprint density at radius 3 is 2.69 bits per heavy atom. The molecule has 7 nitrogen and oxygen atoms in total. The second-order valence-electron chi connectivity index (χ2n) is 11.2.